The van der Waals surface area contributed by atoms with Gasteiger partial charge in [-0.3, -0.25) is 4.40 Å². The van der Waals surface area contributed by atoms with E-state index in [0.29, 0.717) is 6.54 Å². The number of aryl methyl sites for hydroxylation is 1. The van der Waals surface area contributed by atoms with Crippen molar-refractivity contribution in [3.8, 4) is 0 Å². The highest BCUT2D eigenvalue weighted by molar-refractivity contribution is 5.62. The van der Waals surface area contributed by atoms with Crippen LogP contribution in [0.25, 0.3) is 5.65 Å². The van der Waals surface area contributed by atoms with Gasteiger partial charge >= 0.3 is 0 Å². The Morgan fingerprint density at radius 3 is 2.79 bits per heavy atom. The number of nitrogens with two attached hydrogens (primary N) is 1. The maximum absolute atomic E-state index is 5.66. The molecular weight excluding hydrogens is 240 g/mol. The predicted octanol–water partition coefficient (Wildman–Crippen LogP) is 1.63. The molecule has 0 spiro atoms. The fraction of sp³-hybridized carbons (Fsp3) is 0.154. The average molecular weight is 254 g/mol. The van der Waals surface area contributed by atoms with Crippen molar-refractivity contribution in [3.63, 3.8) is 0 Å². The summed E-state index contributed by atoms with van der Waals surface area (Å²) in [5, 5.41) is 11.4. The zero-order valence-electron chi connectivity index (χ0n) is 10.5. The van der Waals surface area contributed by atoms with Crippen molar-refractivity contribution >= 4 is 17.2 Å². The minimum Gasteiger partial charge on any atom is -0.399 e. The summed E-state index contributed by atoms with van der Waals surface area (Å²) < 4.78 is 1.90. The second kappa shape index (κ2) is 4.56. The molecule has 19 heavy (non-hydrogen) atoms. The molecule has 0 aliphatic rings. The first-order valence-electron chi connectivity index (χ1n) is 5.98. The van der Waals surface area contributed by atoms with Gasteiger partial charge in [0.05, 0.1) is 0 Å². The maximum Gasteiger partial charge on any atom is 0.203 e. The molecule has 96 valence electrons. The quantitative estimate of drug-likeness (QED) is 0.694. The molecule has 0 saturated heterocycles. The van der Waals surface area contributed by atoms with Crippen molar-refractivity contribution in [2.45, 2.75) is 13.5 Å². The number of benzene rings is 1. The van der Waals surface area contributed by atoms with E-state index in [1.807, 2.05) is 41.8 Å². The second-order valence-electron chi connectivity index (χ2n) is 4.31. The molecule has 1 aromatic carbocycles. The van der Waals surface area contributed by atoms with E-state index in [2.05, 4.69) is 20.5 Å². The molecule has 0 unspecified atom stereocenters. The number of aromatic nitrogens is 4. The van der Waals surface area contributed by atoms with E-state index in [9.17, 15) is 0 Å². The number of nitrogens with one attached hydrogen (secondary N) is 1. The maximum atomic E-state index is 5.66. The fourth-order valence-corrected chi connectivity index (χ4v) is 1.89. The third kappa shape index (κ3) is 2.20. The van der Waals surface area contributed by atoms with Crippen molar-refractivity contribution < 1.29 is 0 Å². The lowest BCUT2D eigenvalue weighted by molar-refractivity contribution is 1.000. The van der Waals surface area contributed by atoms with Gasteiger partial charge < -0.3 is 11.1 Å². The molecule has 0 saturated carbocycles. The third-order valence-electron chi connectivity index (χ3n) is 2.94. The van der Waals surface area contributed by atoms with Crippen molar-refractivity contribution in [1.29, 1.82) is 0 Å². The van der Waals surface area contributed by atoms with E-state index in [0.717, 1.165) is 28.5 Å². The summed E-state index contributed by atoms with van der Waals surface area (Å²) in [6.45, 7) is 2.57. The van der Waals surface area contributed by atoms with Crippen molar-refractivity contribution in [1.82, 2.24) is 19.6 Å². The number of rotatable bonds is 3. The molecular formula is C13H14N6. The summed E-state index contributed by atoms with van der Waals surface area (Å²) in [6, 6.07) is 7.73. The van der Waals surface area contributed by atoms with Gasteiger partial charge in [0.2, 0.25) is 5.65 Å². The normalized spacial score (nSPS) is 10.8. The molecule has 0 radical (unpaired) electrons. The van der Waals surface area contributed by atoms with Crippen LogP contribution in [0, 0.1) is 6.92 Å². The molecule has 0 aliphatic carbocycles. The van der Waals surface area contributed by atoms with Crippen LogP contribution in [-0.2, 0) is 6.54 Å². The molecule has 0 fully saturated rings. The zero-order valence-corrected chi connectivity index (χ0v) is 10.5. The molecule has 0 aliphatic heterocycles. The van der Waals surface area contributed by atoms with Crippen molar-refractivity contribution in [2.75, 3.05) is 11.1 Å². The lowest BCUT2D eigenvalue weighted by atomic mass is 10.2. The Balaban J connectivity index is 1.83. The van der Waals surface area contributed by atoms with E-state index < -0.39 is 0 Å². The standard InChI is InChI=1S/C13H14N6/c1-9-17-18-13-12(15-6-7-19(9)13)16-8-10-2-4-11(14)5-3-10/h2-7H,8,14H2,1H3,(H,15,16). The van der Waals surface area contributed by atoms with Crippen LogP contribution in [-0.4, -0.2) is 19.6 Å². The monoisotopic (exact) mass is 254 g/mol. The summed E-state index contributed by atoms with van der Waals surface area (Å²) in [7, 11) is 0. The third-order valence-corrected chi connectivity index (χ3v) is 2.94. The van der Waals surface area contributed by atoms with Gasteiger partial charge in [0, 0.05) is 24.6 Å². The summed E-state index contributed by atoms with van der Waals surface area (Å²) in [6.07, 6.45) is 3.58. The van der Waals surface area contributed by atoms with E-state index in [4.69, 9.17) is 5.73 Å². The minimum atomic E-state index is 0.666. The predicted molar refractivity (Wildman–Crippen MR) is 73.7 cm³/mol. The SMILES string of the molecule is Cc1nnc2c(NCc3ccc(N)cc3)nccn12. The number of anilines is 2. The van der Waals surface area contributed by atoms with E-state index in [1.165, 1.54) is 0 Å². The van der Waals surface area contributed by atoms with Crippen LogP contribution in [0.1, 0.15) is 11.4 Å². The molecule has 2 aromatic heterocycles. The largest absolute Gasteiger partial charge is 0.399 e. The molecule has 6 heteroatoms. The van der Waals surface area contributed by atoms with Crippen LogP contribution >= 0.6 is 0 Å². The highest BCUT2D eigenvalue weighted by Gasteiger charge is 2.06. The van der Waals surface area contributed by atoms with Crippen molar-refractivity contribution in [3.05, 3.63) is 48.0 Å². The number of hydrogen-bond acceptors (Lipinski definition) is 5. The van der Waals surface area contributed by atoms with Gasteiger partial charge in [-0.25, -0.2) is 4.98 Å². The number of hydrogen-bond donors (Lipinski definition) is 2. The van der Waals surface area contributed by atoms with Crippen LogP contribution in [0.3, 0.4) is 0 Å². The average Bonchev–Trinajstić information content (AvgIpc) is 2.81. The molecule has 3 rings (SSSR count). The van der Waals surface area contributed by atoms with Gasteiger partial charge in [-0.2, -0.15) is 0 Å². The van der Waals surface area contributed by atoms with E-state index in [-0.39, 0.29) is 0 Å². The second-order valence-corrected chi connectivity index (χ2v) is 4.31. The highest BCUT2D eigenvalue weighted by atomic mass is 15.3. The van der Waals surface area contributed by atoms with Crippen LogP contribution in [0.2, 0.25) is 0 Å². The topological polar surface area (TPSA) is 81.1 Å². The van der Waals surface area contributed by atoms with Crippen LogP contribution in [0.4, 0.5) is 11.5 Å². The van der Waals surface area contributed by atoms with Gasteiger partial charge in [0.25, 0.3) is 0 Å². The first-order valence-corrected chi connectivity index (χ1v) is 5.98. The Morgan fingerprint density at radius 2 is 2.00 bits per heavy atom. The lowest BCUT2D eigenvalue weighted by Gasteiger charge is -2.06. The Morgan fingerprint density at radius 1 is 1.21 bits per heavy atom. The Kier molecular flexibility index (Phi) is 2.75. The van der Waals surface area contributed by atoms with Gasteiger partial charge in [0.15, 0.2) is 5.82 Å². The van der Waals surface area contributed by atoms with Gasteiger partial charge in [-0.05, 0) is 24.6 Å². The smallest absolute Gasteiger partial charge is 0.203 e. The number of nitrogens with zero attached hydrogens (tertiary/aromatic N) is 4. The van der Waals surface area contributed by atoms with Crippen LogP contribution in [0.5, 0.6) is 0 Å². The van der Waals surface area contributed by atoms with Crippen molar-refractivity contribution in [2.24, 2.45) is 0 Å². The zero-order chi connectivity index (χ0) is 13.2. The number of nitrogen functional groups attached to an aromatic ring is 1. The molecule has 0 bridgehead atoms. The molecule has 0 amide bonds. The highest BCUT2D eigenvalue weighted by Crippen LogP contribution is 2.13. The lowest BCUT2D eigenvalue weighted by Crippen LogP contribution is -2.04. The Hall–Kier alpha value is -2.63. The summed E-state index contributed by atoms with van der Waals surface area (Å²) >= 11 is 0. The van der Waals surface area contributed by atoms with Gasteiger partial charge in [-0.15, -0.1) is 10.2 Å². The first kappa shape index (κ1) is 11.5. The molecule has 3 N–H and O–H groups in total. The van der Waals surface area contributed by atoms with Crippen LogP contribution in [0.15, 0.2) is 36.7 Å². The molecule has 0 atom stereocenters. The molecule has 2 heterocycles. The van der Waals surface area contributed by atoms with E-state index >= 15 is 0 Å². The minimum absolute atomic E-state index is 0.666. The van der Waals surface area contributed by atoms with Gasteiger partial charge in [-0.1, -0.05) is 12.1 Å². The number of fused-ring (bicyclic) bond motifs is 1. The fourth-order valence-electron chi connectivity index (χ4n) is 1.89. The molecule has 6 nitrogen and oxygen atoms in total. The van der Waals surface area contributed by atoms with Crippen LogP contribution < -0.4 is 11.1 Å². The summed E-state index contributed by atoms with van der Waals surface area (Å²) in [5.74, 6) is 1.56. The Labute approximate surface area is 110 Å². The van der Waals surface area contributed by atoms with Gasteiger partial charge in [0.1, 0.15) is 5.82 Å². The van der Waals surface area contributed by atoms with E-state index in [1.54, 1.807) is 6.20 Å². The Bertz CT molecular complexity index is 701. The molecule has 3 aromatic rings. The summed E-state index contributed by atoms with van der Waals surface area (Å²) in [4.78, 5) is 4.29. The first-order chi connectivity index (χ1) is 9.24. The summed E-state index contributed by atoms with van der Waals surface area (Å²) in [5.41, 5.74) is 8.28.